The van der Waals surface area contributed by atoms with Gasteiger partial charge in [-0.25, -0.2) is 4.79 Å². The van der Waals surface area contributed by atoms with E-state index in [1.54, 1.807) is 24.4 Å². The molecule has 182 valence electrons. The Morgan fingerprint density at radius 1 is 1.08 bits per heavy atom. The number of carboxylic acid groups (broad SMARTS) is 1. The zero-order chi connectivity index (χ0) is 25.4. The molecule has 7 heteroatoms. The molecule has 0 unspecified atom stereocenters. The summed E-state index contributed by atoms with van der Waals surface area (Å²) in [7, 11) is 0. The number of carboxylic acids is 1. The van der Waals surface area contributed by atoms with Crippen molar-refractivity contribution in [1.82, 2.24) is 10.3 Å². The quantitative estimate of drug-likeness (QED) is 0.289. The molecule has 5 rings (SSSR count). The second-order valence-electron chi connectivity index (χ2n) is 9.28. The summed E-state index contributed by atoms with van der Waals surface area (Å²) in [6.07, 6.45) is 1.78. The number of benzene rings is 2. The van der Waals surface area contributed by atoms with Crippen LogP contribution < -0.4 is 10.2 Å². The minimum Gasteiger partial charge on any atom is -0.478 e. The number of anilines is 1. The maximum atomic E-state index is 11.4. The molecule has 2 aromatic carbocycles. The van der Waals surface area contributed by atoms with E-state index in [0.29, 0.717) is 16.8 Å². The van der Waals surface area contributed by atoms with Gasteiger partial charge < -0.3 is 19.7 Å². The highest BCUT2D eigenvalue weighted by atomic mass is 32.1. The number of hydrogen-bond donors (Lipinski definition) is 2. The summed E-state index contributed by atoms with van der Waals surface area (Å²) >= 11 is 5.81. The molecule has 1 fully saturated rings. The normalized spacial score (nSPS) is 17.4. The summed E-state index contributed by atoms with van der Waals surface area (Å²) < 4.78 is 6.43. The van der Waals surface area contributed by atoms with Gasteiger partial charge in [0, 0.05) is 17.4 Å². The standard InChI is InChI=1S/C29H27N3O3S/c1-17(2)19-7-10-21(11-8-19)32-27(26(31-29(32)36)23-6-4-5-15-30-23)25-14-13-24(35-25)22-12-9-20(28(33)34)16-18(22)3/h4-17,26-27H,1-3H3,(H,31,36)(H,33,34)/t26-,27-/m0/s1. The lowest BCUT2D eigenvalue weighted by Crippen LogP contribution is -2.29. The smallest absolute Gasteiger partial charge is 0.335 e. The summed E-state index contributed by atoms with van der Waals surface area (Å²) in [4.78, 5) is 18.0. The van der Waals surface area contributed by atoms with Crippen LogP contribution >= 0.6 is 12.2 Å². The van der Waals surface area contributed by atoms with Crippen molar-refractivity contribution in [3.05, 3.63) is 107 Å². The van der Waals surface area contributed by atoms with Crippen molar-refractivity contribution in [3.8, 4) is 11.3 Å². The summed E-state index contributed by atoms with van der Waals surface area (Å²) in [5.74, 6) is 0.894. The Morgan fingerprint density at radius 2 is 1.86 bits per heavy atom. The monoisotopic (exact) mass is 497 g/mol. The number of aromatic carboxylic acids is 1. The first-order chi connectivity index (χ1) is 17.3. The zero-order valence-electron chi connectivity index (χ0n) is 20.3. The van der Waals surface area contributed by atoms with E-state index in [-0.39, 0.29) is 17.6 Å². The highest BCUT2D eigenvalue weighted by Crippen LogP contribution is 2.43. The molecule has 2 aromatic heterocycles. The van der Waals surface area contributed by atoms with E-state index in [1.165, 1.54) is 5.56 Å². The highest BCUT2D eigenvalue weighted by molar-refractivity contribution is 7.80. The maximum Gasteiger partial charge on any atom is 0.335 e. The van der Waals surface area contributed by atoms with E-state index < -0.39 is 5.97 Å². The summed E-state index contributed by atoms with van der Waals surface area (Å²) in [5, 5.41) is 13.4. The largest absolute Gasteiger partial charge is 0.478 e. The molecule has 3 heterocycles. The Morgan fingerprint density at radius 3 is 2.50 bits per heavy atom. The van der Waals surface area contributed by atoms with Gasteiger partial charge in [0.05, 0.1) is 17.3 Å². The Balaban J connectivity index is 1.57. The summed E-state index contributed by atoms with van der Waals surface area (Å²) in [6.45, 7) is 6.23. The van der Waals surface area contributed by atoms with Gasteiger partial charge >= 0.3 is 5.97 Å². The molecular formula is C29H27N3O3S. The van der Waals surface area contributed by atoms with Gasteiger partial charge in [-0.15, -0.1) is 0 Å². The van der Waals surface area contributed by atoms with Crippen LogP contribution in [-0.2, 0) is 0 Å². The van der Waals surface area contributed by atoms with E-state index >= 15 is 0 Å². The molecule has 0 aliphatic carbocycles. The van der Waals surface area contributed by atoms with Gasteiger partial charge in [-0.2, -0.15) is 0 Å². The van der Waals surface area contributed by atoms with Gasteiger partial charge in [0.25, 0.3) is 0 Å². The second kappa shape index (κ2) is 9.59. The van der Waals surface area contributed by atoms with Crippen molar-refractivity contribution in [2.24, 2.45) is 0 Å². The van der Waals surface area contributed by atoms with Crippen LogP contribution in [-0.4, -0.2) is 21.2 Å². The number of thiocarbonyl (C=S) groups is 1. The summed E-state index contributed by atoms with van der Waals surface area (Å²) in [6, 6.07) is 22.8. The zero-order valence-corrected chi connectivity index (χ0v) is 21.1. The van der Waals surface area contributed by atoms with Crippen LogP contribution in [0.1, 0.15) is 64.8 Å². The minimum absolute atomic E-state index is 0.210. The molecule has 2 N–H and O–H groups in total. The van der Waals surface area contributed by atoms with Gasteiger partial charge in [-0.1, -0.05) is 38.1 Å². The van der Waals surface area contributed by atoms with Crippen molar-refractivity contribution in [2.45, 2.75) is 38.8 Å². The fraction of sp³-hybridized carbons (Fsp3) is 0.207. The first kappa shape index (κ1) is 23.8. The molecule has 0 bridgehead atoms. The number of rotatable bonds is 6. The van der Waals surface area contributed by atoms with Crippen LogP contribution in [0.25, 0.3) is 11.3 Å². The number of nitrogens with one attached hydrogen (secondary N) is 1. The van der Waals surface area contributed by atoms with E-state index in [1.807, 2.05) is 37.3 Å². The molecular weight excluding hydrogens is 470 g/mol. The van der Waals surface area contributed by atoms with Crippen LogP contribution in [0, 0.1) is 6.92 Å². The Hall–Kier alpha value is -3.97. The third kappa shape index (κ3) is 4.38. The second-order valence-corrected chi connectivity index (χ2v) is 9.67. The number of hydrogen-bond acceptors (Lipinski definition) is 4. The van der Waals surface area contributed by atoms with Crippen LogP contribution in [0.2, 0.25) is 0 Å². The van der Waals surface area contributed by atoms with E-state index in [0.717, 1.165) is 28.3 Å². The minimum atomic E-state index is -0.951. The Labute approximate surface area is 215 Å². The molecule has 4 aromatic rings. The van der Waals surface area contributed by atoms with E-state index in [9.17, 15) is 9.90 Å². The van der Waals surface area contributed by atoms with Crippen molar-refractivity contribution < 1.29 is 14.3 Å². The number of nitrogens with zero attached hydrogens (tertiary/aromatic N) is 2. The first-order valence-electron chi connectivity index (χ1n) is 11.9. The third-order valence-electron chi connectivity index (χ3n) is 6.59. The predicted octanol–water partition coefficient (Wildman–Crippen LogP) is 6.65. The van der Waals surface area contributed by atoms with E-state index in [4.69, 9.17) is 16.6 Å². The molecule has 0 amide bonds. The molecule has 0 spiro atoms. The Bertz CT molecular complexity index is 1410. The highest BCUT2D eigenvalue weighted by Gasteiger charge is 2.42. The lowest BCUT2D eigenvalue weighted by Gasteiger charge is -2.26. The molecule has 2 atom stereocenters. The van der Waals surface area contributed by atoms with Crippen LogP contribution in [0.5, 0.6) is 0 Å². The van der Waals surface area contributed by atoms with Gasteiger partial charge in [0.1, 0.15) is 17.6 Å². The van der Waals surface area contributed by atoms with Crippen molar-refractivity contribution in [1.29, 1.82) is 0 Å². The van der Waals surface area contributed by atoms with Crippen LogP contribution in [0.3, 0.4) is 0 Å². The molecule has 1 aliphatic rings. The molecule has 0 radical (unpaired) electrons. The fourth-order valence-electron chi connectivity index (χ4n) is 4.67. The fourth-order valence-corrected chi connectivity index (χ4v) is 5.02. The maximum absolute atomic E-state index is 11.4. The Kier molecular flexibility index (Phi) is 6.33. The molecule has 6 nitrogen and oxygen atoms in total. The number of aromatic nitrogens is 1. The predicted molar refractivity (Wildman–Crippen MR) is 144 cm³/mol. The average Bonchev–Trinajstić information content (AvgIpc) is 3.49. The van der Waals surface area contributed by atoms with Crippen molar-refractivity contribution in [3.63, 3.8) is 0 Å². The lowest BCUT2D eigenvalue weighted by atomic mass is 10.0. The SMILES string of the molecule is Cc1cc(C(=O)O)ccc1-c1ccc([C@H]2[C@H](c3ccccn3)NC(=S)N2c2ccc(C(C)C)cc2)o1. The number of carbonyl (C=O) groups is 1. The topological polar surface area (TPSA) is 78.6 Å². The van der Waals surface area contributed by atoms with Crippen LogP contribution in [0.4, 0.5) is 5.69 Å². The van der Waals surface area contributed by atoms with Crippen molar-refractivity contribution >= 4 is 29.0 Å². The van der Waals surface area contributed by atoms with E-state index in [2.05, 4.69) is 53.3 Å². The number of aryl methyl sites for hydroxylation is 1. The summed E-state index contributed by atoms with van der Waals surface area (Å²) in [5.41, 5.74) is 5.03. The first-order valence-corrected chi connectivity index (χ1v) is 12.3. The van der Waals surface area contributed by atoms with Crippen LogP contribution in [0.15, 0.2) is 83.4 Å². The van der Waals surface area contributed by atoms with Gasteiger partial charge in [-0.3, -0.25) is 4.98 Å². The number of pyridine rings is 1. The van der Waals surface area contributed by atoms with Gasteiger partial charge in [0.15, 0.2) is 5.11 Å². The van der Waals surface area contributed by atoms with Gasteiger partial charge in [0.2, 0.25) is 0 Å². The lowest BCUT2D eigenvalue weighted by molar-refractivity contribution is 0.0696. The number of furan rings is 1. The average molecular weight is 498 g/mol. The molecule has 0 saturated carbocycles. The molecule has 1 saturated heterocycles. The third-order valence-corrected chi connectivity index (χ3v) is 6.91. The molecule has 36 heavy (non-hydrogen) atoms. The molecule has 1 aliphatic heterocycles. The van der Waals surface area contributed by atoms with Crippen molar-refractivity contribution in [2.75, 3.05) is 4.90 Å². The van der Waals surface area contributed by atoms with Gasteiger partial charge in [-0.05, 0) is 84.7 Å².